The molecule has 1 unspecified atom stereocenters. The summed E-state index contributed by atoms with van der Waals surface area (Å²) in [6.45, 7) is 4.33. The van der Waals surface area contributed by atoms with Crippen molar-refractivity contribution in [2.75, 3.05) is 0 Å². The van der Waals surface area contributed by atoms with Gasteiger partial charge in [-0.05, 0) is 75.7 Å². The Morgan fingerprint density at radius 1 is 1.20 bits per heavy atom. The maximum Gasteiger partial charge on any atom is 0.0716 e. The van der Waals surface area contributed by atoms with Crippen molar-refractivity contribution in [3.05, 3.63) is 17.0 Å². The van der Waals surface area contributed by atoms with Crippen LogP contribution in [-0.2, 0) is 11.8 Å². The van der Waals surface area contributed by atoms with E-state index >= 15 is 0 Å². The van der Waals surface area contributed by atoms with Gasteiger partial charge in [0.05, 0.1) is 5.69 Å². The molecule has 0 aliphatic heterocycles. The third-order valence-corrected chi connectivity index (χ3v) is 6.18. The van der Waals surface area contributed by atoms with Gasteiger partial charge in [0.15, 0.2) is 0 Å². The molecule has 0 amide bonds. The molecule has 1 atom stereocenters. The molecule has 4 bridgehead atoms. The zero-order valence-corrected chi connectivity index (χ0v) is 12.8. The molecule has 3 heteroatoms. The van der Waals surface area contributed by atoms with Gasteiger partial charge in [-0.2, -0.15) is 5.10 Å². The van der Waals surface area contributed by atoms with Crippen LogP contribution in [0.1, 0.15) is 62.4 Å². The minimum Gasteiger partial charge on any atom is -0.328 e. The summed E-state index contributed by atoms with van der Waals surface area (Å²) in [6.07, 6.45) is 9.58. The minimum absolute atomic E-state index is 0.207. The van der Waals surface area contributed by atoms with Crippen molar-refractivity contribution < 1.29 is 0 Å². The predicted molar refractivity (Wildman–Crippen MR) is 80.5 cm³/mol. The Kier molecular flexibility index (Phi) is 2.79. The number of hydrogen-bond donors (Lipinski definition) is 2. The molecule has 110 valence electrons. The lowest BCUT2D eigenvalue weighted by Crippen LogP contribution is -2.49. The van der Waals surface area contributed by atoms with E-state index in [1.807, 2.05) is 0 Å². The number of nitrogens with one attached hydrogen (secondary N) is 1. The normalized spacial score (nSPS) is 40.2. The zero-order chi connectivity index (χ0) is 13.9. The zero-order valence-electron chi connectivity index (χ0n) is 12.8. The maximum absolute atomic E-state index is 5.96. The summed E-state index contributed by atoms with van der Waals surface area (Å²) in [4.78, 5) is 0. The third kappa shape index (κ3) is 1.86. The highest BCUT2D eigenvalue weighted by Crippen LogP contribution is 2.60. The first-order valence-corrected chi connectivity index (χ1v) is 8.35. The van der Waals surface area contributed by atoms with E-state index in [0.29, 0.717) is 5.41 Å². The van der Waals surface area contributed by atoms with Crippen molar-refractivity contribution in [2.24, 2.45) is 23.5 Å². The molecule has 4 saturated carbocycles. The van der Waals surface area contributed by atoms with Crippen LogP contribution >= 0.6 is 0 Å². The van der Waals surface area contributed by atoms with Crippen molar-refractivity contribution >= 4 is 0 Å². The standard InChI is InChI=1S/C17H27N3/c1-10(18)3-15-11(2)16(20-19-15)17-7-12-4-13(8-17)6-14(5-12)9-17/h10,12-14H,3-9,18H2,1-2H3,(H,19,20). The first kappa shape index (κ1) is 12.9. The van der Waals surface area contributed by atoms with Crippen molar-refractivity contribution in [1.29, 1.82) is 0 Å². The van der Waals surface area contributed by atoms with Gasteiger partial charge < -0.3 is 5.73 Å². The Labute approximate surface area is 121 Å². The first-order valence-electron chi connectivity index (χ1n) is 8.35. The molecule has 0 radical (unpaired) electrons. The Bertz CT molecular complexity index is 479. The van der Waals surface area contributed by atoms with Crippen LogP contribution in [0.4, 0.5) is 0 Å². The van der Waals surface area contributed by atoms with Crippen LogP contribution in [-0.4, -0.2) is 16.2 Å². The molecule has 20 heavy (non-hydrogen) atoms. The molecule has 1 aromatic heterocycles. The second-order valence-electron chi connectivity index (χ2n) is 8.06. The van der Waals surface area contributed by atoms with Crippen LogP contribution in [0.25, 0.3) is 0 Å². The molecule has 0 spiro atoms. The number of H-pyrrole nitrogens is 1. The van der Waals surface area contributed by atoms with E-state index in [4.69, 9.17) is 10.8 Å². The molecular weight excluding hydrogens is 246 g/mol. The largest absolute Gasteiger partial charge is 0.328 e. The van der Waals surface area contributed by atoms with Gasteiger partial charge in [0.25, 0.3) is 0 Å². The Hall–Kier alpha value is -0.830. The average Bonchev–Trinajstić information content (AvgIpc) is 2.69. The highest BCUT2D eigenvalue weighted by Gasteiger charge is 2.53. The maximum atomic E-state index is 5.96. The summed E-state index contributed by atoms with van der Waals surface area (Å²) in [5.41, 5.74) is 10.4. The van der Waals surface area contributed by atoms with E-state index in [-0.39, 0.29) is 6.04 Å². The second-order valence-corrected chi connectivity index (χ2v) is 8.06. The lowest BCUT2D eigenvalue weighted by molar-refractivity contribution is -0.00749. The molecule has 4 aliphatic carbocycles. The monoisotopic (exact) mass is 273 g/mol. The lowest BCUT2D eigenvalue weighted by atomic mass is 9.48. The number of rotatable bonds is 3. The van der Waals surface area contributed by atoms with E-state index in [9.17, 15) is 0 Å². The van der Waals surface area contributed by atoms with Crippen molar-refractivity contribution in [2.45, 2.75) is 70.3 Å². The van der Waals surface area contributed by atoms with E-state index < -0.39 is 0 Å². The Morgan fingerprint density at radius 3 is 2.25 bits per heavy atom. The summed E-state index contributed by atoms with van der Waals surface area (Å²) in [6, 6.07) is 0.207. The number of hydrogen-bond acceptors (Lipinski definition) is 2. The summed E-state index contributed by atoms with van der Waals surface area (Å²) in [5.74, 6) is 2.94. The van der Waals surface area contributed by atoms with Crippen molar-refractivity contribution in [3.63, 3.8) is 0 Å². The summed E-state index contributed by atoms with van der Waals surface area (Å²) in [5, 5.41) is 8.08. The van der Waals surface area contributed by atoms with E-state index in [1.54, 1.807) is 0 Å². The highest BCUT2D eigenvalue weighted by molar-refractivity contribution is 5.33. The average molecular weight is 273 g/mol. The van der Waals surface area contributed by atoms with Crippen LogP contribution in [0.2, 0.25) is 0 Å². The van der Waals surface area contributed by atoms with Crippen molar-refractivity contribution in [3.8, 4) is 0 Å². The van der Waals surface area contributed by atoms with Gasteiger partial charge in [-0.15, -0.1) is 0 Å². The number of nitrogens with two attached hydrogens (primary N) is 1. The molecule has 1 heterocycles. The van der Waals surface area contributed by atoms with Crippen LogP contribution < -0.4 is 5.73 Å². The highest BCUT2D eigenvalue weighted by atomic mass is 15.1. The van der Waals surface area contributed by atoms with E-state index in [1.165, 1.54) is 55.5 Å². The van der Waals surface area contributed by atoms with Crippen LogP contribution in [0.5, 0.6) is 0 Å². The second kappa shape index (κ2) is 4.33. The van der Waals surface area contributed by atoms with Crippen molar-refractivity contribution in [1.82, 2.24) is 10.2 Å². The molecule has 4 aliphatic rings. The molecule has 4 fully saturated rings. The van der Waals surface area contributed by atoms with Gasteiger partial charge in [-0.25, -0.2) is 0 Å². The molecule has 0 aromatic carbocycles. The van der Waals surface area contributed by atoms with Crippen LogP contribution in [0.3, 0.4) is 0 Å². The van der Waals surface area contributed by atoms with E-state index in [0.717, 1.165) is 24.2 Å². The first-order chi connectivity index (χ1) is 9.56. The smallest absolute Gasteiger partial charge is 0.0716 e. The van der Waals surface area contributed by atoms with Gasteiger partial charge in [-0.3, -0.25) is 5.10 Å². The van der Waals surface area contributed by atoms with Gasteiger partial charge in [0.2, 0.25) is 0 Å². The fourth-order valence-electron chi connectivity index (χ4n) is 5.87. The summed E-state index contributed by atoms with van der Waals surface area (Å²) in [7, 11) is 0. The number of aromatic nitrogens is 2. The molecule has 5 rings (SSSR count). The van der Waals surface area contributed by atoms with Gasteiger partial charge in [0, 0.05) is 23.6 Å². The minimum atomic E-state index is 0.207. The van der Waals surface area contributed by atoms with Crippen LogP contribution in [0.15, 0.2) is 0 Å². The Morgan fingerprint density at radius 2 is 1.75 bits per heavy atom. The number of nitrogens with zero attached hydrogens (tertiary/aromatic N) is 1. The number of aromatic amines is 1. The quantitative estimate of drug-likeness (QED) is 0.889. The lowest BCUT2D eigenvalue weighted by Gasteiger charge is -2.56. The third-order valence-electron chi connectivity index (χ3n) is 6.18. The predicted octanol–water partition coefficient (Wildman–Crippen LogP) is 3.08. The summed E-state index contributed by atoms with van der Waals surface area (Å²) >= 11 is 0. The molecule has 3 N–H and O–H groups in total. The van der Waals surface area contributed by atoms with Gasteiger partial charge in [-0.1, -0.05) is 0 Å². The fourth-order valence-corrected chi connectivity index (χ4v) is 5.87. The van der Waals surface area contributed by atoms with E-state index in [2.05, 4.69) is 18.9 Å². The summed E-state index contributed by atoms with van der Waals surface area (Å²) < 4.78 is 0. The van der Waals surface area contributed by atoms with Gasteiger partial charge in [0.1, 0.15) is 0 Å². The molecule has 0 saturated heterocycles. The van der Waals surface area contributed by atoms with Crippen LogP contribution in [0, 0.1) is 24.7 Å². The molecule has 1 aromatic rings. The molecule has 3 nitrogen and oxygen atoms in total. The molecular formula is C17H27N3. The van der Waals surface area contributed by atoms with Gasteiger partial charge >= 0.3 is 0 Å². The fraction of sp³-hybridized carbons (Fsp3) is 0.824. The SMILES string of the molecule is Cc1c(C23CC4CC(CC(C4)C2)C3)n[nH]c1CC(C)N. The topological polar surface area (TPSA) is 54.7 Å². The Balaban J connectivity index is 1.69.